The number of likely N-dealkylation sites (tertiary alicyclic amines) is 1. The van der Waals surface area contributed by atoms with E-state index in [-0.39, 0.29) is 11.0 Å². The maximum Gasteiger partial charge on any atom is 0.236 e. The van der Waals surface area contributed by atoms with Crippen molar-refractivity contribution in [2.45, 2.75) is 25.8 Å². The van der Waals surface area contributed by atoms with Gasteiger partial charge in [-0.2, -0.15) is 4.98 Å². The lowest BCUT2D eigenvalue weighted by Crippen LogP contribution is -3.05. The third-order valence-electron chi connectivity index (χ3n) is 3.79. The minimum Gasteiger partial charge on any atom is -0.627 e. The fraction of sp³-hybridized carbons (Fsp3) is 0.615. The third kappa shape index (κ3) is 3.29. The summed E-state index contributed by atoms with van der Waals surface area (Å²) in [4.78, 5) is 21.9. The van der Waals surface area contributed by atoms with Crippen molar-refractivity contribution in [2.24, 2.45) is 0 Å². The third-order valence-corrected chi connectivity index (χ3v) is 3.79. The summed E-state index contributed by atoms with van der Waals surface area (Å²) in [5.41, 5.74) is 0.847. The number of aromatic nitrogens is 2. The summed E-state index contributed by atoms with van der Waals surface area (Å²) in [5, 5.41) is 17.9. The lowest BCUT2D eigenvalue weighted by Gasteiger charge is -2.27. The number of nitrogens with zero attached hydrogens (tertiary/aromatic N) is 3. The molecule has 21 heavy (non-hydrogen) atoms. The molecule has 0 saturated carbocycles. The Morgan fingerprint density at radius 1 is 1.52 bits per heavy atom. The van der Waals surface area contributed by atoms with Gasteiger partial charge in [0, 0.05) is 38.8 Å². The first-order chi connectivity index (χ1) is 10.2. The van der Waals surface area contributed by atoms with Gasteiger partial charge in [0.25, 0.3) is 0 Å². The van der Waals surface area contributed by atoms with Gasteiger partial charge in [0.1, 0.15) is 6.67 Å². The Kier molecular flexibility index (Phi) is 4.28. The summed E-state index contributed by atoms with van der Waals surface area (Å²) in [6.45, 7) is 3.29. The molecule has 1 aromatic heterocycles. The average Bonchev–Trinajstić information content (AvgIpc) is 2.90. The van der Waals surface area contributed by atoms with Crippen LogP contribution in [0.3, 0.4) is 0 Å². The van der Waals surface area contributed by atoms with Crippen molar-refractivity contribution in [1.29, 1.82) is 0 Å². The molecule has 1 aromatic rings. The van der Waals surface area contributed by atoms with Gasteiger partial charge in [0.05, 0.1) is 5.56 Å². The second-order valence-corrected chi connectivity index (χ2v) is 5.36. The smallest absolute Gasteiger partial charge is 0.236 e. The molecule has 1 saturated heterocycles. The van der Waals surface area contributed by atoms with E-state index in [4.69, 9.17) is 0 Å². The van der Waals surface area contributed by atoms with E-state index in [1.807, 2.05) is 4.90 Å². The monoisotopic (exact) mass is 292 g/mol. The largest absolute Gasteiger partial charge is 0.627 e. The van der Waals surface area contributed by atoms with E-state index in [0.717, 1.165) is 31.5 Å². The van der Waals surface area contributed by atoms with E-state index >= 15 is 0 Å². The summed E-state index contributed by atoms with van der Waals surface area (Å²) in [5.74, 6) is 1.25. The van der Waals surface area contributed by atoms with Gasteiger partial charge in [0.2, 0.25) is 17.7 Å². The number of rotatable bonds is 5. The van der Waals surface area contributed by atoms with Crippen molar-refractivity contribution in [3.8, 4) is 0 Å². The van der Waals surface area contributed by atoms with E-state index in [2.05, 4.69) is 20.6 Å². The van der Waals surface area contributed by atoms with Crippen LogP contribution in [0.5, 0.6) is 0 Å². The highest BCUT2D eigenvalue weighted by Gasteiger charge is 2.20. The van der Waals surface area contributed by atoms with Crippen LogP contribution in [0.1, 0.15) is 24.8 Å². The Bertz CT molecular complexity index is 523. The molecule has 0 aliphatic carbocycles. The zero-order valence-electron chi connectivity index (χ0n) is 11.9. The van der Waals surface area contributed by atoms with E-state index in [9.17, 15) is 10.0 Å². The van der Waals surface area contributed by atoms with Crippen molar-refractivity contribution in [2.75, 3.05) is 31.6 Å². The lowest BCUT2D eigenvalue weighted by atomic mass is 10.3. The Morgan fingerprint density at radius 3 is 3.24 bits per heavy atom. The molecule has 8 heteroatoms. The second kappa shape index (κ2) is 6.33. The Hall–Kier alpha value is -1.77. The summed E-state index contributed by atoms with van der Waals surface area (Å²) in [6, 6.07) is 0. The number of anilines is 1. The molecular weight excluding hydrogens is 272 g/mol. The van der Waals surface area contributed by atoms with Crippen LogP contribution in [-0.2, 0) is 11.3 Å². The van der Waals surface area contributed by atoms with E-state index < -0.39 is 0 Å². The number of carbonyl (C=O) groups excluding carboxylic acids is 1. The first-order valence-electron chi connectivity index (χ1n) is 7.35. The van der Waals surface area contributed by atoms with Crippen molar-refractivity contribution in [1.82, 2.24) is 20.2 Å². The lowest BCUT2D eigenvalue weighted by molar-refractivity contribution is -0.786. The maximum atomic E-state index is 11.8. The minimum atomic E-state index is 0.00404. The maximum absolute atomic E-state index is 11.8. The number of hydrogen-bond donors (Lipinski definition) is 3. The van der Waals surface area contributed by atoms with Crippen LogP contribution in [0, 0.1) is 5.21 Å². The molecule has 0 radical (unpaired) electrons. The molecule has 0 bridgehead atoms. The fourth-order valence-corrected chi connectivity index (χ4v) is 2.67. The topological polar surface area (TPSA) is 97.7 Å². The number of amides is 1. The summed E-state index contributed by atoms with van der Waals surface area (Å²) >= 11 is 0. The van der Waals surface area contributed by atoms with Crippen LogP contribution < -0.4 is 15.7 Å². The molecule has 1 unspecified atom stereocenters. The number of quaternary nitrogens is 1. The van der Waals surface area contributed by atoms with Crippen molar-refractivity contribution < 1.29 is 9.86 Å². The van der Waals surface area contributed by atoms with E-state index in [0.29, 0.717) is 37.9 Å². The van der Waals surface area contributed by atoms with Gasteiger partial charge >= 0.3 is 0 Å². The molecule has 3 heterocycles. The zero-order valence-corrected chi connectivity index (χ0v) is 11.9. The highest BCUT2D eigenvalue weighted by molar-refractivity contribution is 5.77. The van der Waals surface area contributed by atoms with Crippen LogP contribution in [0.25, 0.3) is 0 Å². The number of carbonyl (C=O) groups is 1. The molecular formula is C13H20N6O2. The predicted molar refractivity (Wildman–Crippen MR) is 76.6 cm³/mol. The molecule has 3 rings (SSSR count). The van der Waals surface area contributed by atoms with Crippen LogP contribution in [-0.4, -0.2) is 47.1 Å². The Labute approximate surface area is 123 Å². The van der Waals surface area contributed by atoms with Crippen molar-refractivity contribution in [3.05, 3.63) is 17.0 Å². The highest BCUT2D eigenvalue weighted by atomic mass is 16.5. The Balaban J connectivity index is 1.49. The molecule has 1 fully saturated rings. The molecule has 1 atom stereocenters. The van der Waals surface area contributed by atoms with Gasteiger partial charge in [-0.05, 0) is 12.8 Å². The first-order valence-corrected chi connectivity index (χ1v) is 7.35. The van der Waals surface area contributed by atoms with Gasteiger partial charge in [-0.25, -0.2) is 4.98 Å². The molecule has 0 aromatic carbocycles. The van der Waals surface area contributed by atoms with Gasteiger partial charge in [-0.15, -0.1) is 0 Å². The fourth-order valence-electron chi connectivity index (χ4n) is 2.67. The minimum absolute atomic E-state index is 0.00404. The number of fused-ring (bicyclic) bond motifs is 1. The molecule has 2 aliphatic heterocycles. The molecule has 8 nitrogen and oxygen atoms in total. The van der Waals surface area contributed by atoms with Crippen molar-refractivity contribution in [3.63, 3.8) is 0 Å². The highest BCUT2D eigenvalue weighted by Crippen LogP contribution is 2.12. The average molecular weight is 292 g/mol. The van der Waals surface area contributed by atoms with E-state index in [1.165, 1.54) is 0 Å². The standard InChI is InChI=1S/C13H20N6O2/c20-11-3-1-5-18(11)6-2-4-15-13-16-8-10-7-14-9-19(21)12(10)17-13/h8,14,19H,1-7,9H2,(H,15,16,17). The normalized spacial score (nSPS) is 21.5. The number of hydroxylamine groups is 1. The molecule has 1 amide bonds. The molecule has 3 N–H and O–H groups in total. The zero-order chi connectivity index (χ0) is 14.7. The van der Waals surface area contributed by atoms with Crippen molar-refractivity contribution >= 4 is 17.7 Å². The molecule has 114 valence electrons. The summed E-state index contributed by atoms with van der Waals surface area (Å²) in [6.07, 6.45) is 4.19. The van der Waals surface area contributed by atoms with E-state index in [1.54, 1.807) is 6.20 Å². The van der Waals surface area contributed by atoms with Gasteiger partial charge in [-0.1, -0.05) is 0 Å². The number of nitrogens with one attached hydrogen (secondary N) is 3. The number of hydrogen-bond acceptors (Lipinski definition) is 6. The summed E-state index contributed by atoms with van der Waals surface area (Å²) in [7, 11) is 0. The quantitative estimate of drug-likeness (QED) is 0.474. The predicted octanol–water partition coefficient (Wildman–Crippen LogP) is -1.02. The molecule has 0 spiro atoms. The Morgan fingerprint density at radius 2 is 2.43 bits per heavy atom. The van der Waals surface area contributed by atoms with Crippen LogP contribution in [0.15, 0.2) is 6.20 Å². The summed E-state index contributed by atoms with van der Waals surface area (Å²) < 4.78 is 0. The first kappa shape index (κ1) is 14.2. The van der Waals surface area contributed by atoms with Gasteiger partial charge in [0.15, 0.2) is 0 Å². The SMILES string of the molecule is O=C1CCCN1CCCNc1ncc2c(n1)[NH+]([O-])CNC2. The van der Waals surface area contributed by atoms with Crippen LogP contribution in [0.4, 0.5) is 11.8 Å². The van der Waals surface area contributed by atoms with Crippen LogP contribution >= 0.6 is 0 Å². The van der Waals surface area contributed by atoms with Gasteiger partial charge in [-0.3, -0.25) is 10.1 Å². The van der Waals surface area contributed by atoms with Gasteiger partial charge < -0.3 is 20.5 Å². The molecule has 2 aliphatic rings. The second-order valence-electron chi connectivity index (χ2n) is 5.36. The van der Waals surface area contributed by atoms with Crippen LogP contribution in [0.2, 0.25) is 0 Å².